The summed E-state index contributed by atoms with van der Waals surface area (Å²) in [7, 11) is 1.39. The van der Waals surface area contributed by atoms with E-state index in [1.165, 1.54) is 19.5 Å². The zero-order chi connectivity index (χ0) is 13.0. The Morgan fingerprint density at radius 3 is 3.00 bits per heavy atom. The average molecular weight is 249 g/mol. The number of rotatable bonds is 5. The second-order valence-electron chi connectivity index (χ2n) is 3.40. The van der Waals surface area contributed by atoms with Crippen molar-refractivity contribution in [2.75, 3.05) is 12.4 Å². The quantitative estimate of drug-likeness (QED) is 0.611. The van der Waals surface area contributed by atoms with Crippen molar-refractivity contribution in [2.24, 2.45) is 0 Å². The van der Waals surface area contributed by atoms with Crippen LogP contribution in [-0.4, -0.2) is 27.2 Å². The van der Waals surface area contributed by atoms with Gasteiger partial charge in [0.2, 0.25) is 0 Å². The Bertz CT molecular complexity index is 540. The Morgan fingerprint density at radius 2 is 2.39 bits per heavy atom. The number of para-hydroxylation sites is 1. The SMILES string of the molecule is COc1cccc(NCc2ncn[nH]2)c1[N+](=O)[O-]. The normalized spacial score (nSPS) is 10.1. The van der Waals surface area contributed by atoms with Crippen molar-refractivity contribution in [1.29, 1.82) is 0 Å². The van der Waals surface area contributed by atoms with Crippen LogP contribution in [0.15, 0.2) is 24.5 Å². The van der Waals surface area contributed by atoms with Gasteiger partial charge in [-0.05, 0) is 12.1 Å². The molecule has 0 aliphatic carbocycles. The third-order valence-corrected chi connectivity index (χ3v) is 2.31. The van der Waals surface area contributed by atoms with E-state index in [9.17, 15) is 10.1 Å². The van der Waals surface area contributed by atoms with Crippen molar-refractivity contribution in [3.63, 3.8) is 0 Å². The van der Waals surface area contributed by atoms with E-state index in [2.05, 4.69) is 20.5 Å². The fourth-order valence-electron chi connectivity index (χ4n) is 1.51. The summed E-state index contributed by atoms with van der Waals surface area (Å²) in [4.78, 5) is 14.4. The standard InChI is InChI=1S/C10H11N5O3/c1-18-8-4-2-3-7(10(8)15(16)17)11-5-9-12-6-13-14-9/h2-4,6,11H,5H2,1H3,(H,12,13,14). The molecule has 0 atom stereocenters. The summed E-state index contributed by atoms with van der Waals surface area (Å²) in [6.45, 7) is 0.313. The highest BCUT2D eigenvalue weighted by Crippen LogP contribution is 2.34. The molecule has 0 spiro atoms. The summed E-state index contributed by atoms with van der Waals surface area (Å²) in [5.41, 5.74) is 0.273. The van der Waals surface area contributed by atoms with Crippen LogP contribution in [0.1, 0.15) is 5.82 Å². The topological polar surface area (TPSA) is 106 Å². The van der Waals surface area contributed by atoms with Gasteiger partial charge in [0.25, 0.3) is 0 Å². The van der Waals surface area contributed by atoms with Crippen LogP contribution in [0.4, 0.5) is 11.4 Å². The van der Waals surface area contributed by atoms with E-state index in [4.69, 9.17) is 4.74 Å². The molecular formula is C10H11N5O3. The molecular weight excluding hydrogens is 238 g/mol. The number of anilines is 1. The maximum absolute atomic E-state index is 11.0. The van der Waals surface area contributed by atoms with Crippen molar-refractivity contribution in [1.82, 2.24) is 15.2 Å². The molecule has 8 nitrogen and oxygen atoms in total. The maximum Gasteiger partial charge on any atom is 0.333 e. The van der Waals surface area contributed by atoms with Crippen LogP contribution >= 0.6 is 0 Å². The molecule has 94 valence electrons. The van der Waals surface area contributed by atoms with Crippen molar-refractivity contribution < 1.29 is 9.66 Å². The van der Waals surface area contributed by atoms with Crippen LogP contribution in [0, 0.1) is 10.1 Å². The monoisotopic (exact) mass is 249 g/mol. The average Bonchev–Trinajstić information content (AvgIpc) is 2.88. The molecule has 18 heavy (non-hydrogen) atoms. The first-order chi connectivity index (χ1) is 8.72. The van der Waals surface area contributed by atoms with Crippen LogP contribution < -0.4 is 10.1 Å². The predicted octanol–water partition coefficient (Wildman–Crippen LogP) is 1.33. The van der Waals surface area contributed by atoms with E-state index >= 15 is 0 Å². The van der Waals surface area contributed by atoms with Gasteiger partial charge in [0.15, 0.2) is 5.75 Å². The first kappa shape index (κ1) is 11.8. The van der Waals surface area contributed by atoms with E-state index in [0.29, 0.717) is 18.1 Å². The fourth-order valence-corrected chi connectivity index (χ4v) is 1.51. The molecule has 8 heteroatoms. The van der Waals surface area contributed by atoms with Crippen LogP contribution in [-0.2, 0) is 6.54 Å². The predicted molar refractivity (Wildman–Crippen MR) is 63.4 cm³/mol. The molecule has 0 bridgehead atoms. The number of H-pyrrole nitrogens is 1. The molecule has 1 aromatic heterocycles. The summed E-state index contributed by atoms with van der Waals surface area (Å²) in [6.07, 6.45) is 1.37. The molecule has 0 radical (unpaired) electrons. The Hall–Kier alpha value is -2.64. The Kier molecular flexibility index (Phi) is 3.37. The van der Waals surface area contributed by atoms with Crippen LogP contribution in [0.5, 0.6) is 5.75 Å². The zero-order valence-electron chi connectivity index (χ0n) is 9.58. The molecule has 0 aliphatic rings. The minimum absolute atomic E-state index is 0.0977. The Morgan fingerprint density at radius 1 is 1.56 bits per heavy atom. The number of nitrogens with zero attached hydrogens (tertiary/aromatic N) is 3. The summed E-state index contributed by atoms with van der Waals surface area (Å²) < 4.78 is 4.97. The highest BCUT2D eigenvalue weighted by Gasteiger charge is 2.20. The molecule has 2 N–H and O–H groups in total. The van der Waals surface area contributed by atoms with Gasteiger partial charge >= 0.3 is 5.69 Å². The van der Waals surface area contributed by atoms with Gasteiger partial charge in [-0.1, -0.05) is 6.07 Å². The number of aromatic nitrogens is 3. The third kappa shape index (κ3) is 2.37. The zero-order valence-corrected chi connectivity index (χ0v) is 9.58. The lowest BCUT2D eigenvalue weighted by Crippen LogP contribution is -2.05. The maximum atomic E-state index is 11.0. The third-order valence-electron chi connectivity index (χ3n) is 2.31. The second-order valence-corrected chi connectivity index (χ2v) is 3.40. The Labute approximate surface area is 102 Å². The van der Waals surface area contributed by atoms with Crippen LogP contribution in [0.25, 0.3) is 0 Å². The summed E-state index contributed by atoms with van der Waals surface area (Å²) >= 11 is 0. The molecule has 2 rings (SSSR count). The molecule has 0 amide bonds. The lowest BCUT2D eigenvalue weighted by molar-refractivity contribution is -0.384. The highest BCUT2D eigenvalue weighted by molar-refractivity contribution is 5.68. The van der Waals surface area contributed by atoms with Crippen molar-refractivity contribution in [2.45, 2.75) is 6.54 Å². The van der Waals surface area contributed by atoms with Gasteiger partial charge in [0.1, 0.15) is 17.8 Å². The van der Waals surface area contributed by atoms with Gasteiger partial charge < -0.3 is 10.1 Å². The number of methoxy groups -OCH3 is 1. The van der Waals surface area contributed by atoms with E-state index in [0.717, 1.165) is 0 Å². The number of ether oxygens (including phenoxy) is 1. The number of benzene rings is 1. The van der Waals surface area contributed by atoms with E-state index in [1.54, 1.807) is 12.1 Å². The van der Waals surface area contributed by atoms with Gasteiger partial charge in [-0.2, -0.15) is 5.10 Å². The molecule has 2 aromatic rings. The summed E-state index contributed by atoms with van der Waals surface area (Å²) in [5.74, 6) is 0.801. The van der Waals surface area contributed by atoms with Crippen molar-refractivity contribution in [3.8, 4) is 5.75 Å². The van der Waals surface area contributed by atoms with Gasteiger partial charge in [0.05, 0.1) is 18.6 Å². The number of nitro benzene ring substituents is 1. The number of nitro groups is 1. The molecule has 0 saturated heterocycles. The van der Waals surface area contributed by atoms with E-state index in [-0.39, 0.29) is 11.4 Å². The van der Waals surface area contributed by atoms with Gasteiger partial charge in [-0.25, -0.2) is 4.98 Å². The number of hydrogen-bond donors (Lipinski definition) is 2. The van der Waals surface area contributed by atoms with Gasteiger partial charge in [-0.3, -0.25) is 15.2 Å². The van der Waals surface area contributed by atoms with Gasteiger partial charge in [0, 0.05) is 0 Å². The fraction of sp³-hybridized carbons (Fsp3) is 0.200. The summed E-state index contributed by atoms with van der Waals surface area (Å²) in [5, 5.41) is 20.3. The lowest BCUT2D eigenvalue weighted by atomic mass is 10.2. The molecule has 1 heterocycles. The number of hydrogen-bond acceptors (Lipinski definition) is 6. The van der Waals surface area contributed by atoms with Crippen LogP contribution in [0.2, 0.25) is 0 Å². The van der Waals surface area contributed by atoms with Gasteiger partial charge in [-0.15, -0.1) is 0 Å². The smallest absolute Gasteiger partial charge is 0.333 e. The van der Waals surface area contributed by atoms with E-state index < -0.39 is 4.92 Å². The molecule has 0 aliphatic heterocycles. The molecule has 0 unspecified atom stereocenters. The molecule has 0 saturated carbocycles. The lowest BCUT2D eigenvalue weighted by Gasteiger charge is -2.08. The first-order valence-electron chi connectivity index (χ1n) is 5.12. The first-order valence-corrected chi connectivity index (χ1v) is 5.12. The summed E-state index contributed by atoms with van der Waals surface area (Å²) in [6, 6.07) is 4.82. The molecule has 1 aromatic carbocycles. The second kappa shape index (κ2) is 5.13. The largest absolute Gasteiger partial charge is 0.490 e. The Balaban J connectivity index is 2.24. The van der Waals surface area contributed by atoms with Crippen molar-refractivity contribution in [3.05, 3.63) is 40.5 Å². The number of aromatic amines is 1. The minimum atomic E-state index is -0.485. The molecule has 0 fully saturated rings. The van der Waals surface area contributed by atoms with E-state index in [1.807, 2.05) is 0 Å². The van der Waals surface area contributed by atoms with Crippen molar-refractivity contribution >= 4 is 11.4 Å². The highest BCUT2D eigenvalue weighted by atomic mass is 16.6. The van der Waals surface area contributed by atoms with Crippen LogP contribution in [0.3, 0.4) is 0 Å². The number of nitrogens with one attached hydrogen (secondary N) is 2. The minimum Gasteiger partial charge on any atom is -0.490 e.